The Morgan fingerprint density at radius 3 is 2.12 bits per heavy atom. The summed E-state index contributed by atoms with van der Waals surface area (Å²) in [7, 11) is 0. The lowest BCUT2D eigenvalue weighted by atomic mass is 9.88. The van der Waals surface area contributed by atoms with Crippen LogP contribution in [0.15, 0.2) is 137 Å². The molecule has 9 rings (SSSR count). The number of para-hydroxylation sites is 3. The number of nitrogens with zero attached hydrogens (tertiary/aromatic N) is 3. The molecule has 4 nitrogen and oxygen atoms in total. The first-order valence-corrected chi connectivity index (χ1v) is 14.2. The number of anilines is 4. The van der Waals surface area contributed by atoms with E-state index in [-0.39, 0.29) is 18.0 Å². The van der Waals surface area contributed by atoms with Crippen LogP contribution >= 0.6 is 0 Å². The summed E-state index contributed by atoms with van der Waals surface area (Å²) in [5, 5.41) is 11.8. The Bertz CT molecular complexity index is 2070. The van der Waals surface area contributed by atoms with E-state index in [2.05, 4.69) is 137 Å². The number of furan rings is 1. The van der Waals surface area contributed by atoms with Gasteiger partial charge in [0.15, 0.2) is 5.58 Å². The van der Waals surface area contributed by atoms with Crippen LogP contribution in [0, 0.1) is 11.3 Å². The second-order valence-corrected chi connectivity index (χ2v) is 11.2. The minimum atomic E-state index is 0.0913. The third-order valence-electron chi connectivity index (χ3n) is 9.14. The van der Waals surface area contributed by atoms with E-state index in [4.69, 9.17) is 4.42 Å². The van der Waals surface area contributed by atoms with Crippen molar-refractivity contribution in [2.75, 3.05) is 9.80 Å². The molecule has 2 aliphatic carbocycles. The molecular formula is C37H25N3O. The van der Waals surface area contributed by atoms with Crippen molar-refractivity contribution in [2.24, 2.45) is 0 Å². The lowest BCUT2D eigenvalue weighted by Gasteiger charge is -2.29. The van der Waals surface area contributed by atoms with Gasteiger partial charge in [-0.2, -0.15) is 5.26 Å². The van der Waals surface area contributed by atoms with Crippen molar-refractivity contribution < 1.29 is 4.42 Å². The summed E-state index contributed by atoms with van der Waals surface area (Å²) < 4.78 is 6.77. The minimum Gasteiger partial charge on any atom is -0.454 e. The molecule has 0 saturated heterocycles. The molecule has 4 aromatic carbocycles. The van der Waals surface area contributed by atoms with Gasteiger partial charge in [-0.3, -0.25) is 0 Å². The monoisotopic (exact) mass is 527 g/mol. The summed E-state index contributed by atoms with van der Waals surface area (Å²) in [5.41, 5.74) is 9.71. The number of hydrogen-bond donors (Lipinski definition) is 0. The molecule has 0 radical (unpaired) electrons. The number of allylic oxidation sites excluding steroid dienone is 4. The highest BCUT2D eigenvalue weighted by Gasteiger charge is 2.40. The molecule has 4 aliphatic rings. The zero-order chi connectivity index (χ0) is 27.1. The van der Waals surface area contributed by atoms with E-state index in [0.717, 1.165) is 38.9 Å². The standard InChI is InChI=1S/C37H25N3O/c38-22-23-19-20-32-28(21-23)26-11-3-6-15-31(26)39(32)33-16-8-18-35-36(33)27-12-7-17-34(37(27)41-35)40-29-13-4-1-9-24(29)25-10-2-5-14-30(25)40/h1-21,24,28-29,32H. The van der Waals surface area contributed by atoms with Gasteiger partial charge in [0.1, 0.15) is 5.58 Å². The average Bonchev–Trinajstić information content (AvgIpc) is 3.68. The highest BCUT2D eigenvalue weighted by Crippen LogP contribution is 2.53. The van der Waals surface area contributed by atoms with E-state index in [1.54, 1.807) is 0 Å². The summed E-state index contributed by atoms with van der Waals surface area (Å²) in [5.74, 6) is 0.438. The number of fused-ring (bicyclic) bond motifs is 9. The quantitative estimate of drug-likeness (QED) is 0.230. The van der Waals surface area contributed by atoms with Gasteiger partial charge in [0.25, 0.3) is 0 Å². The molecule has 0 N–H and O–H groups in total. The molecule has 4 unspecified atom stereocenters. The van der Waals surface area contributed by atoms with E-state index < -0.39 is 0 Å². The molecule has 0 spiro atoms. The summed E-state index contributed by atoms with van der Waals surface area (Å²) >= 11 is 0. The minimum absolute atomic E-state index is 0.0913. The molecule has 5 aromatic rings. The predicted octanol–water partition coefficient (Wildman–Crippen LogP) is 8.94. The molecule has 194 valence electrons. The van der Waals surface area contributed by atoms with Gasteiger partial charge in [-0.05, 0) is 47.5 Å². The summed E-state index contributed by atoms with van der Waals surface area (Å²) in [4.78, 5) is 4.88. The van der Waals surface area contributed by atoms with Gasteiger partial charge in [0.05, 0.1) is 34.9 Å². The molecule has 3 heterocycles. The van der Waals surface area contributed by atoms with Crippen molar-refractivity contribution in [1.82, 2.24) is 0 Å². The molecule has 0 fully saturated rings. The maximum Gasteiger partial charge on any atom is 0.159 e. The van der Waals surface area contributed by atoms with Gasteiger partial charge >= 0.3 is 0 Å². The van der Waals surface area contributed by atoms with E-state index >= 15 is 0 Å². The second-order valence-electron chi connectivity index (χ2n) is 11.2. The van der Waals surface area contributed by atoms with Crippen LogP contribution in [-0.2, 0) is 0 Å². The molecular weight excluding hydrogens is 502 g/mol. The van der Waals surface area contributed by atoms with E-state index in [1.807, 2.05) is 6.08 Å². The zero-order valence-corrected chi connectivity index (χ0v) is 22.2. The van der Waals surface area contributed by atoms with Crippen LogP contribution in [0.25, 0.3) is 21.9 Å². The third-order valence-corrected chi connectivity index (χ3v) is 9.14. The number of benzene rings is 4. The lowest BCUT2D eigenvalue weighted by Crippen LogP contribution is -2.29. The molecule has 41 heavy (non-hydrogen) atoms. The topological polar surface area (TPSA) is 43.4 Å². The fourth-order valence-corrected chi connectivity index (χ4v) is 7.48. The fraction of sp³-hybridized carbons (Fsp3) is 0.108. The van der Waals surface area contributed by atoms with Crippen molar-refractivity contribution in [3.05, 3.63) is 144 Å². The molecule has 0 amide bonds. The highest BCUT2D eigenvalue weighted by atomic mass is 16.3. The zero-order valence-electron chi connectivity index (χ0n) is 22.2. The Labute approximate surface area is 238 Å². The summed E-state index contributed by atoms with van der Waals surface area (Å²) in [6, 6.07) is 32.8. The molecule has 0 saturated carbocycles. The van der Waals surface area contributed by atoms with Crippen LogP contribution in [0.1, 0.15) is 23.0 Å². The van der Waals surface area contributed by atoms with Gasteiger partial charge < -0.3 is 14.2 Å². The highest BCUT2D eigenvalue weighted by molar-refractivity contribution is 6.16. The van der Waals surface area contributed by atoms with Crippen LogP contribution < -0.4 is 9.80 Å². The Morgan fingerprint density at radius 2 is 1.29 bits per heavy atom. The van der Waals surface area contributed by atoms with Crippen molar-refractivity contribution in [3.63, 3.8) is 0 Å². The molecule has 4 atom stereocenters. The van der Waals surface area contributed by atoms with Crippen LogP contribution in [0.2, 0.25) is 0 Å². The van der Waals surface area contributed by atoms with Crippen LogP contribution in [0.3, 0.4) is 0 Å². The normalized spacial score (nSPS) is 23.3. The Morgan fingerprint density at radius 1 is 0.634 bits per heavy atom. The maximum atomic E-state index is 9.62. The van der Waals surface area contributed by atoms with E-state index in [1.165, 1.54) is 22.5 Å². The first-order chi connectivity index (χ1) is 20.3. The summed E-state index contributed by atoms with van der Waals surface area (Å²) in [6.07, 6.45) is 15.2. The van der Waals surface area contributed by atoms with Gasteiger partial charge in [-0.15, -0.1) is 0 Å². The first-order valence-electron chi connectivity index (χ1n) is 14.2. The molecule has 4 heteroatoms. The fourth-order valence-electron chi connectivity index (χ4n) is 7.48. The van der Waals surface area contributed by atoms with Gasteiger partial charge in [-0.25, -0.2) is 0 Å². The largest absolute Gasteiger partial charge is 0.454 e. The number of nitriles is 1. The Kier molecular flexibility index (Phi) is 4.60. The van der Waals surface area contributed by atoms with Crippen LogP contribution in [-0.4, -0.2) is 12.1 Å². The van der Waals surface area contributed by atoms with Crippen molar-refractivity contribution in [2.45, 2.75) is 23.9 Å². The van der Waals surface area contributed by atoms with Crippen LogP contribution in [0.5, 0.6) is 0 Å². The Balaban J connectivity index is 1.26. The second kappa shape index (κ2) is 8.36. The molecule has 1 aromatic heterocycles. The lowest BCUT2D eigenvalue weighted by molar-refractivity contribution is 0.663. The smallest absolute Gasteiger partial charge is 0.159 e. The van der Waals surface area contributed by atoms with Crippen molar-refractivity contribution in [1.29, 1.82) is 5.26 Å². The number of rotatable bonds is 2. The SMILES string of the molecule is N#CC1=CC2c3ccccc3N(c3cccc4oc5c(N6c7ccccc7C7C=CC=CC76)cccc5c34)C2C=C1. The van der Waals surface area contributed by atoms with E-state index in [9.17, 15) is 5.26 Å². The molecule has 2 aliphatic heterocycles. The van der Waals surface area contributed by atoms with Gasteiger partial charge in [0.2, 0.25) is 0 Å². The third kappa shape index (κ3) is 3.03. The predicted molar refractivity (Wildman–Crippen MR) is 165 cm³/mol. The van der Waals surface area contributed by atoms with Crippen LogP contribution in [0.4, 0.5) is 22.7 Å². The van der Waals surface area contributed by atoms with Gasteiger partial charge in [-0.1, -0.05) is 91.1 Å². The van der Waals surface area contributed by atoms with Crippen molar-refractivity contribution >= 4 is 44.7 Å². The average molecular weight is 528 g/mol. The van der Waals surface area contributed by atoms with Crippen molar-refractivity contribution in [3.8, 4) is 6.07 Å². The first kappa shape index (κ1) is 22.5. The van der Waals surface area contributed by atoms with Gasteiger partial charge in [0, 0.05) is 34.2 Å². The number of hydrogen-bond acceptors (Lipinski definition) is 4. The molecule has 0 bridgehead atoms. The van der Waals surface area contributed by atoms with E-state index in [0.29, 0.717) is 5.92 Å². The summed E-state index contributed by atoms with van der Waals surface area (Å²) in [6.45, 7) is 0. The Hall–Kier alpha value is -5.27. The maximum absolute atomic E-state index is 9.62.